The molecule has 0 radical (unpaired) electrons. The maximum absolute atomic E-state index is 12.5. The van der Waals surface area contributed by atoms with Crippen LogP contribution in [0.5, 0.6) is 0 Å². The number of rotatable bonds is 4. The molecule has 6 heteroatoms. The zero-order chi connectivity index (χ0) is 17.0. The minimum atomic E-state index is -0.253. The van der Waals surface area contributed by atoms with E-state index in [1.807, 2.05) is 36.2 Å². The SMILES string of the molecule is CCC1(C)CN(C(=O)Nc2ncc(Cc3ccccc3)s2)CCO1. The van der Waals surface area contributed by atoms with Crippen LogP contribution < -0.4 is 5.32 Å². The number of aromatic nitrogens is 1. The van der Waals surface area contributed by atoms with Crippen molar-refractivity contribution < 1.29 is 9.53 Å². The minimum absolute atomic E-state index is 0.0985. The van der Waals surface area contributed by atoms with Gasteiger partial charge in [-0.25, -0.2) is 9.78 Å². The lowest BCUT2D eigenvalue weighted by molar-refractivity contribution is -0.0860. The summed E-state index contributed by atoms with van der Waals surface area (Å²) in [6.45, 7) is 5.93. The maximum Gasteiger partial charge on any atom is 0.323 e. The lowest BCUT2D eigenvalue weighted by Crippen LogP contribution is -2.52. The third-order valence-electron chi connectivity index (χ3n) is 4.36. The molecule has 1 unspecified atom stereocenters. The van der Waals surface area contributed by atoms with E-state index >= 15 is 0 Å². The Morgan fingerprint density at radius 2 is 2.21 bits per heavy atom. The van der Waals surface area contributed by atoms with Gasteiger partial charge in [-0.3, -0.25) is 5.32 Å². The number of urea groups is 1. The molecule has 2 heterocycles. The van der Waals surface area contributed by atoms with Gasteiger partial charge in [0, 0.05) is 24.0 Å². The maximum atomic E-state index is 12.5. The number of anilines is 1. The van der Waals surface area contributed by atoms with Gasteiger partial charge in [-0.1, -0.05) is 37.3 Å². The standard InChI is InChI=1S/C18H23N3O2S/c1-3-18(2)13-21(9-10-23-18)17(22)20-16-19-12-15(24-16)11-14-7-5-4-6-8-14/h4-8,12H,3,9-11,13H2,1-2H3,(H,19,20,22). The molecule has 1 aromatic carbocycles. The summed E-state index contributed by atoms with van der Waals surface area (Å²) in [5.74, 6) is 0. The van der Waals surface area contributed by atoms with Crippen LogP contribution in [0.25, 0.3) is 0 Å². The summed E-state index contributed by atoms with van der Waals surface area (Å²) < 4.78 is 5.78. The van der Waals surface area contributed by atoms with Gasteiger partial charge >= 0.3 is 6.03 Å². The molecule has 0 spiro atoms. The van der Waals surface area contributed by atoms with Gasteiger partial charge in [0.05, 0.1) is 18.8 Å². The van der Waals surface area contributed by atoms with Crippen molar-refractivity contribution >= 4 is 22.5 Å². The third kappa shape index (κ3) is 4.13. The molecular weight excluding hydrogens is 322 g/mol. The van der Waals surface area contributed by atoms with Gasteiger partial charge in [-0.15, -0.1) is 11.3 Å². The number of hydrogen-bond donors (Lipinski definition) is 1. The zero-order valence-electron chi connectivity index (χ0n) is 14.1. The molecule has 2 aromatic rings. The van der Waals surface area contributed by atoms with Gasteiger partial charge in [-0.2, -0.15) is 0 Å². The van der Waals surface area contributed by atoms with Crippen molar-refractivity contribution in [3.8, 4) is 0 Å². The Morgan fingerprint density at radius 3 is 2.96 bits per heavy atom. The summed E-state index contributed by atoms with van der Waals surface area (Å²) in [5, 5.41) is 3.57. The summed E-state index contributed by atoms with van der Waals surface area (Å²) in [6, 6.07) is 10.2. The predicted octanol–water partition coefficient (Wildman–Crippen LogP) is 3.77. The van der Waals surface area contributed by atoms with Crippen LogP contribution >= 0.6 is 11.3 Å². The molecule has 3 rings (SSSR count). The second-order valence-electron chi connectivity index (χ2n) is 6.30. The first kappa shape index (κ1) is 16.9. The monoisotopic (exact) mass is 345 g/mol. The second kappa shape index (κ2) is 7.32. The van der Waals surface area contributed by atoms with E-state index in [-0.39, 0.29) is 11.6 Å². The minimum Gasteiger partial charge on any atom is -0.372 e. The average molecular weight is 345 g/mol. The van der Waals surface area contributed by atoms with Gasteiger partial charge < -0.3 is 9.64 Å². The van der Waals surface area contributed by atoms with Crippen molar-refractivity contribution in [1.82, 2.24) is 9.88 Å². The third-order valence-corrected chi connectivity index (χ3v) is 5.27. The van der Waals surface area contributed by atoms with Crippen LogP contribution in [0.2, 0.25) is 0 Å². The molecule has 2 amide bonds. The van der Waals surface area contributed by atoms with E-state index in [4.69, 9.17) is 4.74 Å². The van der Waals surface area contributed by atoms with Crippen LogP contribution in [-0.4, -0.2) is 41.2 Å². The number of carbonyl (C=O) groups is 1. The van der Waals surface area contributed by atoms with Crippen LogP contribution in [0.4, 0.5) is 9.93 Å². The van der Waals surface area contributed by atoms with Crippen LogP contribution in [0.3, 0.4) is 0 Å². The number of ether oxygens (including phenoxy) is 1. The van der Waals surface area contributed by atoms with Crippen LogP contribution in [-0.2, 0) is 11.2 Å². The molecular formula is C18H23N3O2S. The summed E-state index contributed by atoms with van der Waals surface area (Å²) >= 11 is 1.52. The number of amides is 2. The number of hydrogen-bond acceptors (Lipinski definition) is 4. The Balaban J connectivity index is 1.59. The lowest BCUT2D eigenvalue weighted by atomic mass is 10.0. The first-order chi connectivity index (χ1) is 11.6. The topological polar surface area (TPSA) is 54.5 Å². The Kier molecular flexibility index (Phi) is 5.16. The van der Waals surface area contributed by atoms with Crippen molar-refractivity contribution in [3.05, 3.63) is 47.0 Å². The quantitative estimate of drug-likeness (QED) is 0.918. The fraction of sp³-hybridized carbons (Fsp3) is 0.444. The summed E-state index contributed by atoms with van der Waals surface area (Å²) in [6.07, 6.45) is 3.55. The summed E-state index contributed by atoms with van der Waals surface area (Å²) in [5.41, 5.74) is 0.989. The highest BCUT2D eigenvalue weighted by Crippen LogP contribution is 2.24. The predicted molar refractivity (Wildman–Crippen MR) is 96.6 cm³/mol. The molecule has 24 heavy (non-hydrogen) atoms. The smallest absolute Gasteiger partial charge is 0.323 e. The first-order valence-electron chi connectivity index (χ1n) is 8.26. The van der Waals surface area contributed by atoms with E-state index in [0.29, 0.717) is 24.8 Å². The van der Waals surface area contributed by atoms with Gasteiger partial charge in [-0.05, 0) is 18.9 Å². The highest BCUT2D eigenvalue weighted by atomic mass is 32.1. The van der Waals surface area contributed by atoms with Crippen LogP contribution in [0.1, 0.15) is 30.7 Å². The number of benzene rings is 1. The van der Waals surface area contributed by atoms with E-state index < -0.39 is 0 Å². The molecule has 5 nitrogen and oxygen atoms in total. The number of morpholine rings is 1. The Bertz CT molecular complexity index is 689. The molecule has 1 atom stereocenters. The van der Waals surface area contributed by atoms with Crippen molar-refractivity contribution in [2.24, 2.45) is 0 Å². The lowest BCUT2D eigenvalue weighted by Gasteiger charge is -2.39. The van der Waals surface area contributed by atoms with E-state index in [1.54, 1.807) is 0 Å². The molecule has 1 aromatic heterocycles. The van der Waals surface area contributed by atoms with Crippen molar-refractivity contribution in [2.45, 2.75) is 32.3 Å². The van der Waals surface area contributed by atoms with Crippen LogP contribution in [0.15, 0.2) is 36.5 Å². The Hall–Kier alpha value is -1.92. The van der Waals surface area contributed by atoms with E-state index in [9.17, 15) is 4.79 Å². The van der Waals surface area contributed by atoms with Gasteiger partial charge in [0.25, 0.3) is 0 Å². The highest BCUT2D eigenvalue weighted by molar-refractivity contribution is 7.15. The van der Waals surface area contributed by atoms with Gasteiger partial charge in [0.15, 0.2) is 5.13 Å². The molecule has 1 N–H and O–H groups in total. The molecule has 0 bridgehead atoms. The highest BCUT2D eigenvalue weighted by Gasteiger charge is 2.32. The molecule has 1 saturated heterocycles. The normalized spacial score (nSPS) is 20.8. The largest absolute Gasteiger partial charge is 0.372 e. The number of nitrogens with one attached hydrogen (secondary N) is 1. The van der Waals surface area contributed by atoms with Gasteiger partial charge in [0.2, 0.25) is 0 Å². The first-order valence-corrected chi connectivity index (χ1v) is 9.08. The summed E-state index contributed by atoms with van der Waals surface area (Å²) in [4.78, 5) is 19.7. The Labute approximate surface area is 146 Å². The number of nitrogens with zero attached hydrogens (tertiary/aromatic N) is 2. The molecule has 128 valence electrons. The zero-order valence-corrected chi connectivity index (χ0v) is 14.9. The fourth-order valence-electron chi connectivity index (χ4n) is 2.73. The molecule has 0 aliphatic carbocycles. The summed E-state index contributed by atoms with van der Waals surface area (Å²) in [7, 11) is 0. The number of thiazole rings is 1. The molecule has 1 aliphatic rings. The van der Waals surface area contributed by atoms with E-state index in [2.05, 4.69) is 29.4 Å². The van der Waals surface area contributed by atoms with Crippen molar-refractivity contribution in [3.63, 3.8) is 0 Å². The molecule has 1 aliphatic heterocycles. The van der Waals surface area contributed by atoms with E-state index in [0.717, 1.165) is 17.7 Å². The van der Waals surface area contributed by atoms with Gasteiger partial charge in [0.1, 0.15) is 0 Å². The number of carbonyl (C=O) groups excluding carboxylic acids is 1. The van der Waals surface area contributed by atoms with E-state index in [1.165, 1.54) is 16.9 Å². The fourth-order valence-corrected chi connectivity index (χ4v) is 3.57. The van der Waals surface area contributed by atoms with Crippen LogP contribution in [0, 0.1) is 0 Å². The average Bonchev–Trinajstić information content (AvgIpc) is 3.03. The molecule has 1 fully saturated rings. The Morgan fingerprint density at radius 1 is 1.42 bits per heavy atom. The van der Waals surface area contributed by atoms with Crippen molar-refractivity contribution in [2.75, 3.05) is 25.0 Å². The van der Waals surface area contributed by atoms with Crippen molar-refractivity contribution in [1.29, 1.82) is 0 Å². The second-order valence-corrected chi connectivity index (χ2v) is 7.41. The molecule has 0 saturated carbocycles.